The summed E-state index contributed by atoms with van der Waals surface area (Å²) in [6.07, 6.45) is 2.90. The second-order valence-corrected chi connectivity index (χ2v) is 10.5. The number of rotatable bonds is 6. The fourth-order valence-electron chi connectivity index (χ4n) is 4.89. The van der Waals surface area contributed by atoms with E-state index in [2.05, 4.69) is 31.4 Å². The molecule has 186 valence electrons. The lowest BCUT2D eigenvalue weighted by molar-refractivity contribution is -0.135. The van der Waals surface area contributed by atoms with E-state index in [4.69, 9.17) is 4.74 Å². The van der Waals surface area contributed by atoms with Crippen LogP contribution in [-0.2, 0) is 16.2 Å². The third kappa shape index (κ3) is 5.63. The highest BCUT2D eigenvalue weighted by Gasteiger charge is 2.53. The Morgan fingerprint density at radius 3 is 2.49 bits per heavy atom. The van der Waals surface area contributed by atoms with Gasteiger partial charge in [0.1, 0.15) is 30.3 Å². The van der Waals surface area contributed by atoms with E-state index in [-0.39, 0.29) is 30.3 Å². The number of halogens is 1. The second kappa shape index (κ2) is 9.68. The average molecular weight is 482 g/mol. The summed E-state index contributed by atoms with van der Waals surface area (Å²) < 4.78 is 18.8. The summed E-state index contributed by atoms with van der Waals surface area (Å²) in [5.41, 5.74) is 0.557. The third-order valence-corrected chi connectivity index (χ3v) is 7.05. The van der Waals surface area contributed by atoms with Crippen LogP contribution in [0, 0.1) is 17.2 Å². The lowest BCUT2D eigenvalue weighted by Gasteiger charge is -2.40. The zero-order valence-electron chi connectivity index (χ0n) is 20.4. The van der Waals surface area contributed by atoms with Crippen molar-refractivity contribution in [1.82, 2.24) is 10.2 Å². The number of urea groups is 1. The van der Waals surface area contributed by atoms with Gasteiger partial charge in [-0.25, -0.2) is 9.18 Å². The van der Waals surface area contributed by atoms with Gasteiger partial charge in [0.2, 0.25) is 5.91 Å². The molecule has 2 fully saturated rings. The fraction of sp³-hybridized carbons (Fsp3) is 0.444. The SMILES string of the molecule is CC(C)(C)C1CCC2(CC1)NC(=O)N(CC(=O)Nc1cccc(OCc3ccc(F)cc3)c1)C2=O. The minimum absolute atomic E-state index is 0.157. The molecule has 2 aliphatic rings. The number of carbonyl (C=O) groups is 3. The van der Waals surface area contributed by atoms with Crippen LogP contribution in [0.4, 0.5) is 14.9 Å². The average Bonchev–Trinajstić information content (AvgIpc) is 3.02. The van der Waals surface area contributed by atoms with Crippen molar-refractivity contribution < 1.29 is 23.5 Å². The Kier molecular flexibility index (Phi) is 6.83. The van der Waals surface area contributed by atoms with Gasteiger partial charge in [0, 0.05) is 11.8 Å². The smallest absolute Gasteiger partial charge is 0.325 e. The zero-order valence-corrected chi connectivity index (χ0v) is 20.4. The topological polar surface area (TPSA) is 87.7 Å². The minimum Gasteiger partial charge on any atom is -0.489 e. The highest BCUT2D eigenvalue weighted by Crippen LogP contribution is 2.43. The molecule has 0 bridgehead atoms. The Bertz CT molecular complexity index is 1100. The Balaban J connectivity index is 1.33. The van der Waals surface area contributed by atoms with Crippen LogP contribution < -0.4 is 15.4 Å². The van der Waals surface area contributed by atoms with Gasteiger partial charge < -0.3 is 15.4 Å². The standard InChI is InChI=1S/C27H32FN3O4/c1-26(2,3)19-11-13-27(14-12-19)24(33)31(25(34)30-27)16-23(32)29-21-5-4-6-22(15-21)35-17-18-7-9-20(28)10-8-18/h4-10,15,19H,11-14,16-17H2,1-3H3,(H,29,32)(H,30,34). The molecule has 1 saturated heterocycles. The first-order chi connectivity index (χ1) is 16.6. The second-order valence-electron chi connectivity index (χ2n) is 10.5. The van der Waals surface area contributed by atoms with Gasteiger partial charge in [0.25, 0.3) is 5.91 Å². The molecule has 1 saturated carbocycles. The summed E-state index contributed by atoms with van der Waals surface area (Å²) in [7, 11) is 0. The van der Waals surface area contributed by atoms with Crippen LogP contribution in [0.15, 0.2) is 48.5 Å². The van der Waals surface area contributed by atoms with E-state index in [1.54, 1.807) is 36.4 Å². The van der Waals surface area contributed by atoms with Gasteiger partial charge in [0.05, 0.1) is 0 Å². The van der Waals surface area contributed by atoms with Crippen molar-refractivity contribution in [2.45, 2.75) is 58.6 Å². The Morgan fingerprint density at radius 1 is 1.14 bits per heavy atom. The zero-order chi connectivity index (χ0) is 25.2. The lowest BCUT2D eigenvalue weighted by atomic mass is 9.67. The van der Waals surface area contributed by atoms with E-state index in [0.717, 1.165) is 23.3 Å². The van der Waals surface area contributed by atoms with Gasteiger partial charge in [0.15, 0.2) is 0 Å². The van der Waals surface area contributed by atoms with Crippen molar-refractivity contribution in [3.63, 3.8) is 0 Å². The van der Waals surface area contributed by atoms with Gasteiger partial charge in [-0.3, -0.25) is 14.5 Å². The first kappa shape index (κ1) is 24.7. The molecule has 2 aromatic carbocycles. The van der Waals surface area contributed by atoms with Crippen molar-refractivity contribution in [1.29, 1.82) is 0 Å². The van der Waals surface area contributed by atoms with Crippen LogP contribution in [0.25, 0.3) is 0 Å². The molecule has 1 heterocycles. The molecular weight excluding hydrogens is 449 g/mol. The van der Waals surface area contributed by atoms with Gasteiger partial charge in [-0.15, -0.1) is 0 Å². The molecule has 0 atom stereocenters. The molecule has 0 aromatic heterocycles. The number of hydrogen-bond acceptors (Lipinski definition) is 4. The number of benzene rings is 2. The number of nitrogens with one attached hydrogen (secondary N) is 2. The maximum Gasteiger partial charge on any atom is 0.325 e. The number of nitrogens with zero attached hydrogens (tertiary/aromatic N) is 1. The number of carbonyl (C=O) groups excluding carboxylic acids is 3. The summed E-state index contributed by atoms with van der Waals surface area (Å²) >= 11 is 0. The predicted octanol–water partition coefficient (Wildman–Crippen LogP) is 4.87. The van der Waals surface area contributed by atoms with Gasteiger partial charge in [-0.1, -0.05) is 39.0 Å². The van der Waals surface area contributed by atoms with E-state index in [9.17, 15) is 18.8 Å². The molecule has 0 unspecified atom stereocenters. The molecule has 7 nitrogen and oxygen atoms in total. The van der Waals surface area contributed by atoms with Crippen molar-refractivity contribution in [3.8, 4) is 5.75 Å². The predicted molar refractivity (Wildman–Crippen MR) is 130 cm³/mol. The van der Waals surface area contributed by atoms with Crippen LogP contribution in [0.1, 0.15) is 52.0 Å². The summed E-state index contributed by atoms with van der Waals surface area (Å²) in [5, 5.41) is 5.60. The normalized spacial score (nSPS) is 22.3. The Morgan fingerprint density at radius 2 is 1.83 bits per heavy atom. The van der Waals surface area contributed by atoms with Crippen molar-refractivity contribution >= 4 is 23.5 Å². The highest BCUT2D eigenvalue weighted by molar-refractivity contribution is 6.10. The van der Waals surface area contributed by atoms with Gasteiger partial charge in [-0.05, 0) is 66.8 Å². The van der Waals surface area contributed by atoms with Gasteiger partial charge in [-0.2, -0.15) is 0 Å². The van der Waals surface area contributed by atoms with E-state index in [1.807, 2.05) is 0 Å². The van der Waals surface area contributed by atoms with Crippen LogP contribution >= 0.6 is 0 Å². The Labute approximate surface area is 205 Å². The van der Waals surface area contributed by atoms with Crippen LogP contribution in [-0.4, -0.2) is 34.8 Å². The molecule has 4 amide bonds. The Hall–Kier alpha value is -3.42. The van der Waals surface area contributed by atoms with E-state index < -0.39 is 17.5 Å². The molecule has 1 aliphatic carbocycles. The summed E-state index contributed by atoms with van der Waals surface area (Å²) in [6.45, 7) is 6.49. The number of ether oxygens (including phenoxy) is 1. The summed E-state index contributed by atoms with van der Waals surface area (Å²) in [4.78, 5) is 39.4. The number of amides is 4. The van der Waals surface area contributed by atoms with E-state index >= 15 is 0 Å². The van der Waals surface area contributed by atoms with Crippen molar-refractivity contribution in [2.75, 3.05) is 11.9 Å². The molecular formula is C27H32FN3O4. The van der Waals surface area contributed by atoms with Crippen molar-refractivity contribution in [2.24, 2.45) is 11.3 Å². The maximum absolute atomic E-state index is 13.2. The van der Waals surface area contributed by atoms with Gasteiger partial charge >= 0.3 is 6.03 Å². The molecule has 8 heteroatoms. The molecule has 2 N–H and O–H groups in total. The molecule has 2 aromatic rings. The number of anilines is 1. The molecule has 0 radical (unpaired) electrons. The fourth-order valence-corrected chi connectivity index (χ4v) is 4.89. The summed E-state index contributed by atoms with van der Waals surface area (Å²) in [6, 6.07) is 12.3. The van der Waals surface area contributed by atoms with E-state index in [1.165, 1.54) is 12.1 Å². The molecule has 1 aliphatic heterocycles. The molecule has 35 heavy (non-hydrogen) atoms. The molecule has 4 rings (SSSR count). The minimum atomic E-state index is -0.896. The highest BCUT2D eigenvalue weighted by atomic mass is 19.1. The van der Waals surface area contributed by atoms with E-state index in [0.29, 0.717) is 30.2 Å². The first-order valence-corrected chi connectivity index (χ1v) is 12.0. The van der Waals surface area contributed by atoms with Crippen LogP contribution in [0.2, 0.25) is 0 Å². The van der Waals surface area contributed by atoms with Crippen molar-refractivity contribution in [3.05, 3.63) is 59.9 Å². The maximum atomic E-state index is 13.2. The largest absolute Gasteiger partial charge is 0.489 e. The molecule has 1 spiro atoms. The third-order valence-electron chi connectivity index (χ3n) is 7.05. The monoisotopic (exact) mass is 481 g/mol. The number of hydrogen-bond donors (Lipinski definition) is 2. The van der Waals surface area contributed by atoms with Crippen LogP contribution in [0.3, 0.4) is 0 Å². The lowest BCUT2D eigenvalue weighted by Crippen LogP contribution is -2.50. The van der Waals surface area contributed by atoms with Crippen LogP contribution in [0.5, 0.6) is 5.75 Å². The number of imide groups is 1. The summed E-state index contributed by atoms with van der Waals surface area (Å²) in [5.74, 6) is -0.0810. The first-order valence-electron chi connectivity index (χ1n) is 12.0. The quantitative estimate of drug-likeness (QED) is 0.577.